The average Bonchev–Trinajstić information content (AvgIpc) is 3.24. The molecule has 1 aliphatic carbocycles. The quantitative estimate of drug-likeness (QED) is 0.856. The zero-order valence-electron chi connectivity index (χ0n) is 16.1. The lowest BCUT2D eigenvalue weighted by Gasteiger charge is -2.26. The van der Waals surface area contributed by atoms with Crippen molar-refractivity contribution in [2.45, 2.75) is 50.0 Å². The number of amides is 1. The minimum absolute atomic E-state index is 0.0318. The number of sulfonamides is 1. The Morgan fingerprint density at radius 1 is 1.07 bits per heavy atom. The van der Waals surface area contributed by atoms with Crippen LogP contribution in [0.4, 0.5) is 0 Å². The number of carbonyl (C=O) groups excluding carboxylic acids is 1. The number of nitrogens with one attached hydrogen (secondary N) is 1. The Bertz CT molecular complexity index is 995. The molecule has 1 atom stereocenters. The van der Waals surface area contributed by atoms with Crippen LogP contribution in [0.15, 0.2) is 47.4 Å². The lowest BCUT2D eigenvalue weighted by molar-refractivity contribution is 0.0932. The number of aryl methyl sites for hydroxylation is 2. The van der Waals surface area contributed by atoms with Crippen molar-refractivity contribution in [3.8, 4) is 0 Å². The Labute approximate surface area is 166 Å². The molecule has 5 nitrogen and oxygen atoms in total. The van der Waals surface area contributed by atoms with Crippen molar-refractivity contribution in [2.75, 3.05) is 13.1 Å². The molecule has 148 valence electrons. The van der Waals surface area contributed by atoms with Gasteiger partial charge in [-0.15, -0.1) is 0 Å². The smallest absolute Gasteiger partial charge is 0.252 e. The fourth-order valence-corrected chi connectivity index (χ4v) is 5.77. The van der Waals surface area contributed by atoms with Crippen LogP contribution < -0.4 is 5.32 Å². The fourth-order valence-electron chi connectivity index (χ4n) is 4.22. The number of benzene rings is 2. The largest absolute Gasteiger partial charge is 0.345 e. The topological polar surface area (TPSA) is 66.5 Å². The average molecular weight is 399 g/mol. The van der Waals surface area contributed by atoms with Gasteiger partial charge in [-0.1, -0.05) is 30.3 Å². The van der Waals surface area contributed by atoms with E-state index in [1.165, 1.54) is 21.5 Å². The Hall–Kier alpha value is -2.18. The molecule has 1 amide bonds. The zero-order chi connectivity index (χ0) is 19.7. The van der Waals surface area contributed by atoms with E-state index in [1.807, 2.05) is 19.1 Å². The van der Waals surface area contributed by atoms with Crippen molar-refractivity contribution < 1.29 is 13.2 Å². The Kier molecular flexibility index (Phi) is 5.25. The molecule has 2 aromatic rings. The third kappa shape index (κ3) is 3.59. The molecule has 0 radical (unpaired) electrons. The summed E-state index contributed by atoms with van der Waals surface area (Å²) in [6, 6.07) is 13.0. The summed E-state index contributed by atoms with van der Waals surface area (Å²) in [5, 5.41) is 3.13. The van der Waals surface area contributed by atoms with Crippen LogP contribution in [0, 0.1) is 6.92 Å². The maximum atomic E-state index is 13.0. The van der Waals surface area contributed by atoms with Crippen molar-refractivity contribution in [1.29, 1.82) is 0 Å². The van der Waals surface area contributed by atoms with Gasteiger partial charge in [-0.05, 0) is 67.9 Å². The second-order valence-electron chi connectivity index (χ2n) is 7.71. The summed E-state index contributed by atoms with van der Waals surface area (Å²) in [6.07, 6.45) is 4.74. The summed E-state index contributed by atoms with van der Waals surface area (Å²) in [7, 11) is -3.54. The van der Waals surface area contributed by atoms with Crippen LogP contribution in [0.2, 0.25) is 0 Å². The van der Waals surface area contributed by atoms with Crippen LogP contribution in [0.3, 0.4) is 0 Å². The fraction of sp³-hybridized carbons (Fsp3) is 0.409. The van der Waals surface area contributed by atoms with Crippen molar-refractivity contribution in [3.63, 3.8) is 0 Å². The Balaban J connectivity index is 1.60. The summed E-state index contributed by atoms with van der Waals surface area (Å²) < 4.78 is 27.2. The van der Waals surface area contributed by atoms with Gasteiger partial charge in [0.05, 0.1) is 10.9 Å². The van der Waals surface area contributed by atoms with Crippen molar-refractivity contribution in [2.24, 2.45) is 0 Å². The number of hydrogen-bond acceptors (Lipinski definition) is 3. The van der Waals surface area contributed by atoms with Gasteiger partial charge in [0.15, 0.2) is 0 Å². The van der Waals surface area contributed by atoms with Gasteiger partial charge in [-0.3, -0.25) is 4.79 Å². The van der Waals surface area contributed by atoms with Gasteiger partial charge in [0.25, 0.3) is 5.91 Å². The maximum Gasteiger partial charge on any atom is 0.252 e. The van der Waals surface area contributed by atoms with E-state index < -0.39 is 10.0 Å². The molecule has 4 rings (SSSR count). The van der Waals surface area contributed by atoms with E-state index in [0.29, 0.717) is 18.7 Å². The van der Waals surface area contributed by atoms with Gasteiger partial charge in [-0.2, -0.15) is 4.31 Å². The molecular weight excluding hydrogens is 372 g/mol. The maximum absolute atomic E-state index is 13.0. The van der Waals surface area contributed by atoms with Crippen LogP contribution >= 0.6 is 0 Å². The van der Waals surface area contributed by atoms with Crippen LogP contribution in [0.1, 0.15) is 58.8 Å². The lowest BCUT2D eigenvalue weighted by Crippen LogP contribution is -2.32. The zero-order valence-corrected chi connectivity index (χ0v) is 17.0. The third-order valence-electron chi connectivity index (χ3n) is 5.83. The highest BCUT2D eigenvalue weighted by molar-refractivity contribution is 7.89. The first-order valence-corrected chi connectivity index (χ1v) is 11.4. The minimum atomic E-state index is -3.54. The molecule has 0 aromatic heterocycles. The molecular formula is C22H26N2O3S. The van der Waals surface area contributed by atoms with Gasteiger partial charge in [-0.25, -0.2) is 8.42 Å². The lowest BCUT2D eigenvalue weighted by atomic mass is 9.87. The molecule has 28 heavy (non-hydrogen) atoms. The van der Waals surface area contributed by atoms with E-state index in [4.69, 9.17) is 0 Å². The molecule has 0 bridgehead atoms. The molecule has 2 aliphatic rings. The first-order valence-electron chi connectivity index (χ1n) is 9.96. The molecule has 0 unspecified atom stereocenters. The van der Waals surface area contributed by atoms with Gasteiger partial charge >= 0.3 is 0 Å². The standard InChI is InChI=1S/C22H26N2O3S/c1-16-11-12-18(28(26,27)24-13-4-5-14-24)15-20(16)22(25)23-21-10-6-8-17-7-2-3-9-19(17)21/h2-3,7,9,11-12,15,21H,4-6,8,10,13-14H2,1H3,(H,23,25)/t21-/m0/s1. The molecule has 1 heterocycles. The summed E-state index contributed by atoms with van der Waals surface area (Å²) in [6.45, 7) is 2.95. The van der Waals surface area contributed by atoms with Crippen molar-refractivity contribution in [3.05, 3.63) is 64.7 Å². The van der Waals surface area contributed by atoms with E-state index in [2.05, 4.69) is 17.4 Å². The first-order chi connectivity index (χ1) is 13.5. The molecule has 1 saturated heterocycles. The summed E-state index contributed by atoms with van der Waals surface area (Å²) in [5.41, 5.74) is 3.66. The normalized spacial score (nSPS) is 20.0. The molecule has 1 fully saturated rings. The highest BCUT2D eigenvalue weighted by atomic mass is 32.2. The summed E-state index contributed by atoms with van der Waals surface area (Å²) in [5.74, 6) is -0.210. The molecule has 1 N–H and O–H groups in total. The highest BCUT2D eigenvalue weighted by Crippen LogP contribution is 2.30. The van der Waals surface area contributed by atoms with E-state index in [1.54, 1.807) is 12.1 Å². The SMILES string of the molecule is Cc1ccc(S(=O)(=O)N2CCCC2)cc1C(=O)N[C@H]1CCCc2ccccc21. The molecule has 0 spiro atoms. The second-order valence-corrected chi connectivity index (χ2v) is 9.64. The number of hydrogen-bond donors (Lipinski definition) is 1. The summed E-state index contributed by atoms with van der Waals surface area (Å²) >= 11 is 0. The number of nitrogens with zero attached hydrogens (tertiary/aromatic N) is 1. The number of rotatable bonds is 4. The van der Waals surface area contributed by atoms with E-state index >= 15 is 0 Å². The van der Waals surface area contributed by atoms with Gasteiger partial charge in [0.2, 0.25) is 10.0 Å². The second kappa shape index (κ2) is 7.68. The predicted molar refractivity (Wildman–Crippen MR) is 109 cm³/mol. The Morgan fingerprint density at radius 3 is 2.61 bits per heavy atom. The van der Waals surface area contributed by atoms with Crippen LogP contribution in [0.25, 0.3) is 0 Å². The third-order valence-corrected chi connectivity index (χ3v) is 7.73. The van der Waals surface area contributed by atoms with Gasteiger partial charge in [0, 0.05) is 18.7 Å². The van der Waals surface area contributed by atoms with Crippen molar-refractivity contribution >= 4 is 15.9 Å². The van der Waals surface area contributed by atoms with Gasteiger partial charge < -0.3 is 5.32 Å². The van der Waals surface area contributed by atoms with Gasteiger partial charge in [0.1, 0.15) is 0 Å². The molecule has 1 aliphatic heterocycles. The number of carbonyl (C=O) groups is 1. The molecule has 2 aromatic carbocycles. The Morgan fingerprint density at radius 2 is 1.82 bits per heavy atom. The van der Waals surface area contributed by atoms with E-state index in [9.17, 15) is 13.2 Å². The van der Waals surface area contributed by atoms with Crippen LogP contribution in [-0.2, 0) is 16.4 Å². The van der Waals surface area contributed by atoms with Crippen molar-refractivity contribution in [1.82, 2.24) is 9.62 Å². The molecule has 0 saturated carbocycles. The first kappa shape index (κ1) is 19.2. The number of fused-ring (bicyclic) bond motifs is 1. The highest BCUT2D eigenvalue weighted by Gasteiger charge is 2.29. The molecule has 6 heteroatoms. The minimum Gasteiger partial charge on any atom is -0.345 e. The summed E-state index contributed by atoms with van der Waals surface area (Å²) in [4.78, 5) is 13.2. The van der Waals surface area contributed by atoms with E-state index in [0.717, 1.165) is 37.7 Å². The monoisotopic (exact) mass is 398 g/mol. The predicted octanol–water partition coefficient (Wildman–Crippen LogP) is 3.59. The van der Waals surface area contributed by atoms with Crippen LogP contribution in [-0.4, -0.2) is 31.7 Å². The van der Waals surface area contributed by atoms with Crippen LogP contribution in [0.5, 0.6) is 0 Å². The van der Waals surface area contributed by atoms with E-state index in [-0.39, 0.29) is 16.8 Å².